The number of imidazole rings is 1. The number of aromatic nitrogens is 2. The highest BCUT2D eigenvalue weighted by Crippen LogP contribution is 2.24. The molecule has 0 fully saturated rings. The lowest BCUT2D eigenvalue weighted by Crippen LogP contribution is -2.19. The third-order valence-electron chi connectivity index (χ3n) is 2.13. The Morgan fingerprint density at radius 2 is 2.25 bits per heavy atom. The summed E-state index contributed by atoms with van der Waals surface area (Å²) in [5.41, 5.74) is 11.4. The fourth-order valence-corrected chi connectivity index (χ4v) is 1.62. The standard InChI is InChI=1S/C9H8ClFN4O/c10-4-1-6-7(2-5(4)11)15(3-8(12)16)9(13)14-6/h1-2H,3H2,(H2,12,16)(H2,13,14). The first-order valence-electron chi connectivity index (χ1n) is 4.38. The Kier molecular flexibility index (Phi) is 2.43. The predicted molar refractivity (Wildman–Crippen MR) is 58.3 cm³/mol. The summed E-state index contributed by atoms with van der Waals surface area (Å²) >= 11 is 5.60. The van der Waals surface area contributed by atoms with Crippen molar-refractivity contribution in [3.63, 3.8) is 0 Å². The number of nitrogen functional groups attached to an aromatic ring is 1. The molecule has 16 heavy (non-hydrogen) atoms. The molecule has 0 bridgehead atoms. The summed E-state index contributed by atoms with van der Waals surface area (Å²) in [6.07, 6.45) is 0. The van der Waals surface area contributed by atoms with Gasteiger partial charge in [0.25, 0.3) is 0 Å². The lowest BCUT2D eigenvalue weighted by molar-refractivity contribution is -0.118. The number of primary amides is 1. The summed E-state index contributed by atoms with van der Waals surface area (Å²) < 4.78 is 14.6. The maximum absolute atomic E-state index is 13.2. The average molecular weight is 243 g/mol. The smallest absolute Gasteiger partial charge is 0.237 e. The largest absolute Gasteiger partial charge is 0.369 e. The molecule has 0 atom stereocenters. The minimum absolute atomic E-state index is 0.0452. The van der Waals surface area contributed by atoms with Gasteiger partial charge in [-0.25, -0.2) is 9.37 Å². The van der Waals surface area contributed by atoms with Crippen LogP contribution in [0.5, 0.6) is 0 Å². The van der Waals surface area contributed by atoms with E-state index in [0.717, 1.165) is 0 Å². The maximum Gasteiger partial charge on any atom is 0.237 e. The van der Waals surface area contributed by atoms with E-state index in [0.29, 0.717) is 11.0 Å². The van der Waals surface area contributed by atoms with Gasteiger partial charge < -0.3 is 16.0 Å². The molecule has 1 amide bonds. The molecule has 2 rings (SSSR count). The van der Waals surface area contributed by atoms with E-state index in [1.54, 1.807) is 0 Å². The SMILES string of the molecule is NC(=O)Cn1c(N)nc2cc(Cl)c(F)cc21. The van der Waals surface area contributed by atoms with Crippen LogP contribution in [0.1, 0.15) is 0 Å². The van der Waals surface area contributed by atoms with Crippen molar-refractivity contribution in [1.82, 2.24) is 9.55 Å². The first-order chi connectivity index (χ1) is 7.49. The Balaban J connectivity index is 2.68. The Bertz CT molecular complexity index is 580. The molecule has 0 aliphatic heterocycles. The number of amides is 1. The van der Waals surface area contributed by atoms with Crippen LogP contribution >= 0.6 is 11.6 Å². The fourth-order valence-electron chi connectivity index (χ4n) is 1.46. The number of carbonyl (C=O) groups excluding carboxylic acids is 1. The van der Waals surface area contributed by atoms with E-state index in [-0.39, 0.29) is 17.5 Å². The number of rotatable bonds is 2. The van der Waals surface area contributed by atoms with Gasteiger partial charge in [-0.2, -0.15) is 0 Å². The molecule has 2 aromatic rings. The highest BCUT2D eigenvalue weighted by Gasteiger charge is 2.12. The minimum atomic E-state index is -0.597. The average Bonchev–Trinajstić information content (AvgIpc) is 2.45. The van der Waals surface area contributed by atoms with Gasteiger partial charge in [0.05, 0.1) is 16.1 Å². The van der Waals surface area contributed by atoms with Gasteiger partial charge in [-0.1, -0.05) is 11.6 Å². The molecule has 4 N–H and O–H groups in total. The number of hydrogen-bond acceptors (Lipinski definition) is 3. The number of benzene rings is 1. The lowest BCUT2D eigenvalue weighted by Gasteiger charge is -2.02. The van der Waals surface area contributed by atoms with E-state index in [9.17, 15) is 9.18 Å². The molecule has 0 saturated heterocycles. The van der Waals surface area contributed by atoms with Crippen LogP contribution < -0.4 is 11.5 Å². The van der Waals surface area contributed by atoms with E-state index in [1.165, 1.54) is 16.7 Å². The summed E-state index contributed by atoms with van der Waals surface area (Å²) in [4.78, 5) is 14.8. The van der Waals surface area contributed by atoms with Crippen molar-refractivity contribution in [2.24, 2.45) is 5.73 Å². The Hall–Kier alpha value is -1.82. The van der Waals surface area contributed by atoms with Crippen LogP contribution in [0.4, 0.5) is 10.3 Å². The maximum atomic E-state index is 13.2. The summed E-state index contributed by atoms with van der Waals surface area (Å²) in [6.45, 7) is -0.149. The Morgan fingerprint density at radius 1 is 1.56 bits per heavy atom. The van der Waals surface area contributed by atoms with Crippen LogP contribution in [-0.4, -0.2) is 15.5 Å². The number of anilines is 1. The van der Waals surface area contributed by atoms with Crippen molar-refractivity contribution in [1.29, 1.82) is 0 Å². The zero-order valence-corrected chi connectivity index (χ0v) is 8.83. The van der Waals surface area contributed by atoms with Crippen LogP contribution in [0, 0.1) is 5.82 Å². The van der Waals surface area contributed by atoms with Crippen molar-refractivity contribution in [3.05, 3.63) is 23.0 Å². The summed E-state index contributed by atoms with van der Waals surface area (Å²) in [7, 11) is 0. The molecule has 0 saturated carbocycles. The third-order valence-corrected chi connectivity index (χ3v) is 2.42. The molecule has 1 heterocycles. The van der Waals surface area contributed by atoms with E-state index in [1.807, 2.05) is 0 Å². The van der Waals surface area contributed by atoms with Crippen LogP contribution in [0.3, 0.4) is 0 Å². The molecular formula is C9H8ClFN4O. The monoisotopic (exact) mass is 242 g/mol. The number of halogens is 2. The lowest BCUT2D eigenvalue weighted by atomic mass is 10.3. The van der Waals surface area contributed by atoms with E-state index < -0.39 is 11.7 Å². The Labute approximate surface area is 94.8 Å². The fraction of sp³-hybridized carbons (Fsp3) is 0.111. The number of nitrogens with two attached hydrogens (primary N) is 2. The van der Waals surface area contributed by atoms with Gasteiger partial charge in [0.15, 0.2) is 0 Å². The second-order valence-corrected chi connectivity index (χ2v) is 3.68. The second-order valence-electron chi connectivity index (χ2n) is 3.28. The predicted octanol–water partition coefficient (Wildman–Crippen LogP) is 0.896. The molecule has 7 heteroatoms. The van der Waals surface area contributed by atoms with E-state index >= 15 is 0 Å². The van der Waals surface area contributed by atoms with Crippen LogP contribution in [0.25, 0.3) is 11.0 Å². The molecule has 0 aliphatic rings. The molecule has 0 unspecified atom stereocenters. The van der Waals surface area contributed by atoms with Gasteiger partial charge >= 0.3 is 0 Å². The zero-order chi connectivity index (χ0) is 11.9. The summed E-state index contributed by atoms with van der Waals surface area (Å²) in [5, 5.41) is -0.0452. The topological polar surface area (TPSA) is 86.9 Å². The van der Waals surface area contributed by atoms with Crippen molar-refractivity contribution >= 4 is 34.5 Å². The molecule has 0 aliphatic carbocycles. The van der Waals surface area contributed by atoms with Gasteiger partial charge in [-0.05, 0) is 6.07 Å². The van der Waals surface area contributed by atoms with Gasteiger partial charge in [0.1, 0.15) is 12.4 Å². The highest BCUT2D eigenvalue weighted by molar-refractivity contribution is 6.31. The van der Waals surface area contributed by atoms with Gasteiger partial charge in [-0.3, -0.25) is 4.79 Å². The van der Waals surface area contributed by atoms with Crippen molar-refractivity contribution in [2.75, 3.05) is 5.73 Å². The molecule has 0 spiro atoms. The molecule has 0 radical (unpaired) electrons. The third kappa shape index (κ3) is 1.67. The summed E-state index contributed by atoms with van der Waals surface area (Å²) in [5.74, 6) is -1.09. The molecule has 5 nitrogen and oxygen atoms in total. The van der Waals surface area contributed by atoms with Crippen LogP contribution in [0.15, 0.2) is 12.1 Å². The molecule has 1 aromatic carbocycles. The number of hydrogen-bond donors (Lipinski definition) is 2. The van der Waals surface area contributed by atoms with E-state index in [2.05, 4.69) is 4.98 Å². The van der Waals surface area contributed by atoms with Crippen LogP contribution in [-0.2, 0) is 11.3 Å². The second kappa shape index (κ2) is 3.64. The quantitative estimate of drug-likeness (QED) is 0.820. The number of fused-ring (bicyclic) bond motifs is 1. The van der Waals surface area contributed by atoms with E-state index in [4.69, 9.17) is 23.1 Å². The molecular weight excluding hydrogens is 235 g/mol. The first kappa shape index (κ1) is 10.7. The molecule has 84 valence electrons. The van der Waals surface area contributed by atoms with Crippen molar-refractivity contribution < 1.29 is 9.18 Å². The van der Waals surface area contributed by atoms with Crippen molar-refractivity contribution in [2.45, 2.75) is 6.54 Å². The Morgan fingerprint density at radius 3 is 2.88 bits per heavy atom. The minimum Gasteiger partial charge on any atom is -0.369 e. The highest BCUT2D eigenvalue weighted by atomic mass is 35.5. The van der Waals surface area contributed by atoms with Gasteiger partial charge in [-0.15, -0.1) is 0 Å². The van der Waals surface area contributed by atoms with Gasteiger partial charge in [0.2, 0.25) is 11.9 Å². The van der Waals surface area contributed by atoms with Crippen molar-refractivity contribution in [3.8, 4) is 0 Å². The zero-order valence-electron chi connectivity index (χ0n) is 8.08. The van der Waals surface area contributed by atoms with Crippen LogP contribution in [0.2, 0.25) is 5.02 Å². The number of nitrogens with zero attached hydrogens (tertiary/aromatic N) is 2. The van der Waals surface area contributed by atoms with Gasteiger partial charge in [0, 0.05) is 6.07 Å². The molecule has 1 aromatic heterocycles. The first-order valence-corrected chi connectivity index (χ1v) is 4.76. The number of carbonyl (C=O) groups is 1. The normalized spacial score (nSPS) is 10.9. The summed E-state index contributed by atoms with van der Waals surface area (Å²) in [6, 6.07) is 2.52.